The zero-order chi connectivity index (χ0) is 21.0. The first kappa shape index (κ1) is 20.6. The molecule has 1 heterocycles. The second-order valence-corrected chi connectivity index (χ2v) is 7.79. The van der Waals surface area contributed by atoms with Gasteiger partial charge < -0.3 is 10.0 Å². The van der Waals surface area contributed by atoms with E-state index >= 15 is 0 Å². The van der Waals surface area contributed by atoms with Crippen molar-refractivity contribution in [1.29, 1.82) is 0 Å². The summed E-state index contributed by atoms with van der Waals surface area (Å²) in [6, 6.07) is 16.5. The molecule has 2 aromatic rings. The fourth-order valence-electron chi connectivity index (χ4n) is 3.70. The van der Waals surface area contributed by atoms with Crippen LogP contribution >= 0.6 is 0 Å². The number of carbonyl (C=O) groups is 3. The summed E-state index contributed by atoms with van der Waals surface area (Å²) in [5.74, 6) is -1.56. The number of benzene rings is 2. The standard InChI is InChI=1S/C23H26N2O4/c1-16(2)13-20(22(27)28)25-21(26)19(14-17-9-5-3-6-10-17)24(23(25)29)15-18-11-7-4-8-12-18/h3-12,16,19-20H,13-15H2,1-2H3,(H,27,28). The molecule has 0 radical (unpaired) electrons. The first-order valence-electron chi connectivity index (χ1n) is 9.82. The fourth-order valence-corrected chi connectivity index (χ4v) is 3.70. The number of carboxylic acids is 1. The number of carboxylic acid groups (broad SMARTS) is 1. The van der Waals surface area contributed by atoms with Gasteiger partial charge in [0.25, 0.3) is 5.91 Å². The van der Waals surface area contributed by atoms with Crippen LogP contribution in [0.5, 0.6) is 0 Å². The lowest BCUT2D eigenvalue weighted by atomic mass is 10.0. The third kappa shape index (κ3) is 4.65. The third-order valence-electron chi connectivity index (χ3n) is 5.11. The first-order chi connectivity index (χ1) is 13.9. The van der Waals surface area contributed by atoms with E-state index in [1.807, 2.05) is 74.5 Å². The van der Waals surface area contributed by atoms with Gasteiger partial charge in [0, 0.05) is 13.0 Å². The molecule has 3 amide bonds. The van der Waals surface area contributed by atoms with Crippen molar-refractivity contribution < 1.29 is 19.5 Å². The Morgan fingerprint density at radius 2 is 1.52 bits per heavy atom. The van der Waals surface area contributed by atoms with Crippen LogP contribution in [0.15, 0.2) is 60.7 Å². The van der Waals surface area contributed by atoms with Crippen LogP contribution in [-0.4, -0.2) is 44.9 Å². The molecule has 3 rings (SSSR count). The molecule has 1 aliphatic rings. The monoisotopic (exact) mass is 394 g/mol. The van der Waals surface area contributed by atoms with E-state index in [1.54, 1.807) is 0 Å². The number of urea groups is 1. The maximum atomic E-state index is 13.2. The molecule has 29 heavy (non-hydrogen) atoms. The number of nitrogens with zero attached hydrogens (tertiary/aromatic N) is 2. The zero-order valence-corrected chi connectivity index (χ0v) is 16.7. The van der Waals surface area contributed by atoms with Gasteiger partial charge in [0.2, 0.25) is 0 Å². The zero-order valence-electron chi connectivity index (χ0n) is 16.7. The Hall–Kier alpha value is -3.15. The number of aliphatic carboxylic acids is 1. The lowest BCUT2D eigenvalue weighted by Crippen LogP contribution is -2.46. The van der Waals surface area contributed by atoms with E-state index in [1.165, 1.54) is 4.90 Å². The summed E-state index contributed by atoms with van der Waals surface area (Å²) in [5, 5.41) is 9.71. The number of hydrogen-bond acceptors (Lipinski definition) is 3. The van der Waals surface area contributed by atoms with Crippen LogP contribution in [0.1, 0.15) is 31.4 Å². The lowest BCUT2D eigenvalue weighted by Gasteiger charge is -2.24. The van der Waals surface area contributed by atoms with E-state index in [4.69, 9.17) is 0 Å². The van der Waals surface area contributed by atoms with Crippen molar-refractivity contribution in [2.75, 3.05) is 0 Å². The summed E-state index contributed by atoms with van der Waals surface area (Å²) >= 11 is 0. The van der Waals surface area contributed by atoms with Gasteiger partial charge in [-0.15, -0.1) is 0 Å². The molecule has 152 valence electrons. The smallest absolute Gasteiger partial charge is 0.328 e. The molecular formula is C23H26N2O4. The Bertz CT molecular complexity index is 807. The van der Waals surface area contributed by atoms with Gasteiger partial charge >= 0.3 is 12.0 Å². The maximum Gasteiger partial charge on any atom is 0.328 e. The summed E-state index contributed by atoms with van der Waals surface area (Å²) < 4.78 is 0. The number of carbonyl (C=O) groups excluding carboxylic acids is 2. The lowest BCUT2D eigenvalue weighted by molar-refractivity contribution is -0.147. The quantitative estimate of drug-likeness (QED) is 0.695. The van der Waals surface area contributed by atoms with Crippen molar-refractivity contribution in [2.24, 2.45) is 5.92 Å². The predicted molar refractivity (Wildman–Crippen MR) is 109 cm³/mol. The molecule has 1 fully saturated rings. The van der Waals surface area contributed by atoms with Crippen LogP contribution in [-0.2, 0) is 22.6 Å². The Balaban J connectivity index is 1.94. The number of hydrogen-bond donors (Lipinski definition) is 1. The van der Waals surface area contributed by atoms with Crippen molar-refractivity contribution in [2.45, 2.75) is 45.3 Å². The van der Waals surface area contributed by atoms with Gasteiger partial charge in [0.1, 0.15) is 12.1 Å². The van der Waals surface area contributed by atoms with Crippen molar-refractivity contribution in [3.63, 3.8) is 0 Å². The molecule has 0 aliphatic carbocycles. The second kappa shape index (κ2) is 8.90. The second-order valence-electron chi connectivity index (χ2n) is 7.79. The van der Waals surface area contributed by atoms with Crippen LogP contribution < -0.4 is 0 Å². The highest BCUT2D eigenvalue weighted by Gasteiger charge is 2.49. The average molecular weight is 394 g/mol. The summed E-state index contributed by atoms with van der Waals surface area (Å²) in [6.45, 7) is 4.02. The Morgan fingerprint density at radius 3 is 2.03 bits per heavy atom. The van der Waals surface area contributed by atoms with Gasteiger partial charge in [-0.2, -0.15) is 0 Å². The van der Waals surface area contributed by atoms with Gasteiger partial charge in [-0.05, 0) is 23.5 Å². The van der Waals surface area contributed by atoms with Crippen LogP contribution in [0.25, 0.3) is 0 Å². The maximum absolute atomic E-state index is 13.2. The van der Waals surface area contributed by atoms with Crippen LogP contribution in [0.4, 0.5) is 4.79 Å². The SMILES string of the molecule is CC(C)CC(C(=O)O)N1C(=O)C(Cc2ccccc2)N(Cc2ccccc2)C1=O. The van der Waals surface area contributed by atoms with Crippen molar-refractivity contribution in [3.05, 3.63) is 71.8 Å². The Labute approximate surface area is 170 Å². The van der Waals surface area contributed by atoms with E-state index in [0.717, 1.165) is 16.0 Å². The fraction of sp³-hybridized carbons (Fsp3) is 0.348. The molecule has 6 nitrogen and oxygen atoms in total. The van der Waals surface area contributed by atoms with E-state index in [-0.39, 0.29) is 18.9 Å². The highest BCUT2D eigenvalue weighted by atomic mass is 16.4. The van der Waals surface area contributed by atoms with Crippen LogP contribution in [0, 0.1) is 5.92 Å². The van der Waals surface area contributed by atoms with Gasteiger partial charge in [0.05, 0.1) is 0 Å². The van der Waals surface area contributed by atoms with E-state index in [2.05, 4.69) is 0 Å². The normalized spacial score (nSPS) is 17.8. The van der Waals surface area contributed by atoms with E-state index in [9.17, 15) is 19.5 Å². The minimum Gasteiger partial charge on any atom is -0.480 e. The van der Waals surface area contributed by atoms with Crippen molar-refractivity contribution >= 4 is 17.9 Å². The Morgan fingerprint density at radius 1 is 0.966 bits per heavy atom. The molecule has 1 saturated heterocycles. The number of rotatable bonds is 8. The van der Waals surface area contributed by atoms with Gasteiger partial charge in [0.15, 0.2) is 0 Å². The first-order valence-corrected chi connectivity index (χ1v) is 9.82. The molecule has 2 aromatic carbocycles. The van der Waals surface area contributed by atoms with E-state index in [0.29, 0.717) is 6.42 Å². The molecule has 2 unspecified atom stereocenters. The summed E-state index contributed by atoms with van der Waals surface area (Å²) in [4.78, 5) is 40.8. The number of imide groups is 1. The highest BCUT2D eigenvalue weighted by molar-refractivity contribution is 6.07. The predicted octanol–water partition coefficient (Wildman–Crippen LogP) is 3.56. The molecule has 0 saturated carbocycles. The van der Waals surface area contributed by atoms with Crippen LogP contribution in [0.3, 0.4) is 0 Å². The van der Waals surface area contributed by atoms with Crippen molar-refractivity contribution in [1.82, 2.24) is 9.80 Å². The topological polar surface area (TPSA) is 77.9 Å². The minimum absolute atomic E-state index is 0.0347. The molecule has 1 N–H and O–H groups in total. The van der Waals surface area contributed by atoms with Gasteiger partial charge in [-0.3, -0.25) is 4.79 Å². The molecule has 0 bridgehead atoms. The van der Waals surface area contributed by atoms with Crippen molar-refractivity contribution in [3.8, 4) is 0 Å². The number of amides is 3. The largest absolute Gasteiger partial charge is 0.480 e. The minimum atomic E-state index is -1.16. The molecule has 1 aliphatic heterocycles. The molecule has 2 atom stereocenters. The molecule has 0 spiro atoms. The van der Waals surface area contributed by atoms with Crippen LogP contribution in [0.2, 0.25) is 0 Å². The van der Waals surface area contributed by atoms with Gasteiger partial charge in [-0.25, -0.2) is 14.5 Å². The molecule has 6 heteroatoms. The average Bonchev–Trinajstić information content (AvgIpc) is 2.91. The molecular weight excluding hydrogens is 368 g/mol. The summed E-state index contributed by atoms with van der Waals surface area (Å²) in [7, 11) is 0. The highest BCUT2D eigenvalue weighted by Crippen LogP contribution is 2.27. The third-order valence-corrected chi connectivity index (χ3v) is 5.11. The Kier molecular flexibility index (Phi) is 6.32. The molecule has 0 aromatic heterocycles. The van der Waals surface area contributed by atoms with Gasteiger partial charge in [-0.1, -0.05) is 74.5 Å². The van der Waals surface area contributed by atoms with E-state index < -0.39 is 30.0 Å². The summed E-state index contributed by atoms with van der Waals surface area (Å²) in [6.07, 6.45) is 0.576. The summed E-state index contributed by atoms with van der Waals surface area (Å²) in [5.41, 5.74) is 1.82.